The molecule has 0 fully saturated rings. The van der Waals surface area contributed by atoms with Crippen molar-refractivity contribution in [3.05, 3.63) is 35.9 Å². The van der Waals surface area contributed by atoms with Crippen LogP contribution >= 0.6 is 0 Å². The SMILES string of the molecule is C[N+]1=C(c2ccccc2)OCCC1. The zero-order valence-corrected chi connectivity index (χ0v) is 7.86. The number of benzene rings is 1. The van der Waals surface area contributed by atoms with E-state index < -0.39 is 0 Å². The van der Waals surface area contributed by atoms with Gasteiger partial charge in [-0.15, -0.1) is 0 Å². The Bertz CT molecular complexity index is 316. The van der Waals surface area contributed by atoms with Crippen molar-refractivity contribution in [2.45, 2.75) is 6.42 Å². The zero-order valence-electron chi connectivity index (χ0n) is 7.86. The van der Waals surface area contributed by atoms with Crippen LogP contribution in [0.3, 0.4) is 0 Å². The average Bonchev–Trinajstić information content (AvgIpc) is 2.20. The Balaban J connectivity index is 2.35. The molecule has 0 aromatic heterocycles. The third-order valence-electron chi connectivity index (χ3n) is 2.24. The van der Waals surface area contributed by atoms with Gasteiger partial charge in [0.05, 0.1) is 5.56 Å². The summed E-state index contributed by atoms with van der Waals surface area (Å²) in [5.41, 5.74) is 1.17. The third-order valence-corrected chi connectivity index (χ3v) is 2.24. The summed E-state index contributed by atoms with van der Waals surface area (Å²) in [6.07, 6.45) is 1.12. The lowest BCUT2D eigenvalue weighted by Crippen LogP contribution is -2.28. The lowest BCUT2D eigenvalue weighted by molar-refractivity contribution is -0.514. The van der Waals surface area contributed by atoms with E-state index in [9.17, 15) is 0 Å². The van der Waals surface area contributed by atoms with Crippen LogP contribution in [0.4, 0.5) is 0 Å². The van der Waals surface area contributed by atoms with E-state index in [2.05, 4.69) is 23.8 Å². The second kappa shape index (κ2) is 3.60. The van der Waals surface area contributed by atoms with Gasteiger partial charge in [-0.05, 0) is 12.1 Å². The van der Waals surface area contributed by atoms with Crippen LogP contribution in [0.1, 0.15) is 12.0 Å². The highest BCUT2D eigenvalue weighted by Gasteiger charge is 2.19. The second-order valence-electron chi connectivity index (χ2n) is 3.29. The first kappa shape index (κ1) is 8.30. The Hall–Kier alpha value is -1.31. The van der Waals surface area contributed by atoms with Gasteiger partial charge in [0, 0.05) is 6.42 Å². The van der Waals surface area contributed by atoms with E-state index in [0.717, 1.165) is 25.5 Å². The Morgan fingerprint density at radius 2 is 2.00 bits per heavy atom. The van der Waals surface area contributed by atoms with Crippen molar-refractivity contribution >= 4 is 5.90 Å². The molecule has 0 aliphatic carbocycles. The molecule has 0 N–H and O–H groups in total. The minimum atomic E-state index is 0.842. The molecule has 0 saturated carbocycles. The summed E-state index contributed by atoms with van der Waals surface area (Å²) >= 11 is 0. The summed E-state index contributed by atoms with van der Waals surface area (Å²) in [6.45, 7) is 1.93. The van der Waals surface area contributed by atoms with Gasteiger partial charge in [-0.25, -0.2) is 4.58 Å². The maximum absolute atomic E-state index is 5.62. The highest BCUT2D eigenvalue weighted by molar-refractivity contribution is 5.90. The molecule has 2 nitrogen and oxygen atoms in total. The zero-order chi connectivity index (χ0) is 9.10. The quantitative estimate of drug-likeness (QED) is 0.590. The van der Waals surface area contributed by atoms with Crippen molar-refractivity contribution in [3.8, 4) is 0 Å². The van der Waals surface area contributed by atoms with E-state index in [0.29, 0.717) is 0 Å². The van der Waals surface area contributed by atoms with Crippen molar-refractivity contribution < 1.29 is 9.31 Å². The molecule has 0 spiro atoms. The molecule has 13 heavy (non-hydrogen) atoms. The minimum absolute atomic E-state index is 0.842. The number of hydrogen-bond acceptors (Lipinski definition) is 1. The standard InChI is InChI=1S/C11H14NO/c1-12-8-5-9-13-11(12)10-6-3-2-4-7-10/h2-4,6-7H,5,8-9H2,1H3/q+1. The summed E-state index contributed by atoms with van der Waals surface area (Å²) in [6, 6.07) is 10.3. The van der Waals surface area contributed by atoms with Gasteiger partial charge < -0.3 is 4.74 Å². The second-order valence-corrected chi connectivity index (χ2v) is 3.29. The van der Waals surface area contributed by atoms with Crippen LogP contribution in [-0.2, 0) is 4.74 Å². The largest absolute Gasteiger partial charge is 0.444 e. The summed E-state index contributed by atoms with van der Waals surface area (Å²) < 4.78 is 7.78. The molecule has 0 radical (unpaired) electrons. The molecule has 2 heteroatoms. The van der Waals surface area contributed by atoms with E-state index in [-0.39, 0.29) is 0 Å². The molecule has 2 rings (SSSR count). The molecule has 0 amide bonds. The van der Waals surface area contributed by atoms with Crippen LogP contribution in [0, 0.1) is 0 Å². The van der Waals surface area contributed by atoms with Gasteiger partial charge in [-0.3, -0.25) is 0 Å². The molecular formula is C11H14NO+. The predicted molar refractivity (Wildman–Crippen MR) is 52.2 cm³/mol. The van der Waals surface area contributed by atoms with E-state index in [4.69, 9.17) is 4.74 Å². The van der Waals surface area contributed by atoms with E-state index in [1.807, 2.05) is 18.2 Å². The van der Waals surface area contributed by atoms with Gasteiger partial charge >= 0.3 is 5.90 Å². The summed E-state index contributed by atoms with van der Waals surface area (Å²) in [5.74, 6) is 1.01. The predicted octanol–water partition coefficient (Wildman–Crippen LogP) is 1.50. The number of ether oxygens (including phenoxy) is 1. The third kappa shape index (κ3) is 1.72. The molecule has 1 aromatic carbocycles. The maximum atomic E-state index is 5.62. The van der Waals surface area contributed by atoms with E-state index in [1.54, 1.807) is 0 Å². The Kier molecular flexibility index (Phi) is 2.30. The molecule has 68 valence electrons. The molecule has 0 bridgehead atoms. The van der Waals surface area contributed by atoms with Crippen LogP contribution in [-0.4, -0.2) is 30.7 Å². The van der Waals surface area contributed by atoms with Gasteiger partial charge in [0.25, 0.3) is 0 Å². The smallest absolute Gasteiger partial charge is 0.369 e. The Morgan fingerprint density at radius 3 is 2.69 bits per heavy atom. The molecule has 1 aliphatic heterocycles. The number of nitrogens with zero attached hydrogens (tertiary/aromatic N) is 1. The van der Waals surface area contributed by atoms with E-state index >= 15 is 0 Å². The maximum Gasteiger partial charge on any atom is 0.369 e. The van der Waals surface area contributed by atoms with Gasteiger partial charge in [-0.2, -0.15) is 0 Å². The fraction of sp³-hybridized carbons (Fsp3) is 0.364. The topological polar surface area (TPSA) is 12.2 Å². The highest BCUT2D eigenvalue weighted by atomic mass is 16.5. The van der Waals surface area contributed by atoms with Gasteiger partial charge in [0.2, 0.25) is 0 Å². The van der Waals surface area contributed by atoms with Crippen LogP contribution in [0.15, 0.2) is 30.3 Å². The first-order valence-electron chi connectivity index (χ1n) is 4.64. The molecule has 0 unspecified atom stereocenters. The summed E-state index contributed by atoms with van der Waals surface area (Å²) in [7, 11) is 2.07. The van der Waals surface area contributed by atoms with Crippen LogP contribution in [0.5, 0.6) is 0 Å². The van der Waals surface area contributed by atoms with Gasteiger partial charge in [0.1, 0.15) is 20.2 Å². The molecular weight excluding hydrogens is 162 g/mol. The number of hydrogen-bond donors (Lipinski definition) is 0. The molecule has 0 saturated heterocycles. The van der Waals surface area contributed by atoms with Crippen molar-refractivity contribution in [3.63, 3.8) is 0 Å². The fourth-order valence-electron chi connectivity index (χ4n) is 1.57. The lowest BCUT2D eigenvalue weighted by atomic mass is 10.2. The van der Waals surface area contributed by atoms with Crippen LogP contribution < -0.4 is 0 Å². The Morgan fingerprint density at radius 1 is 1.23 bits per heavy atom. The van der Waals surface area contributed by atoms with Gasteiger partial charge in [0.15, 0.2) is 0 Å². The summed E-state index contributed by atoms with van der Waals surface area (Å²) in [5, 5.41) is 0. The van der Waals surface area contributed by atoms with Crippen LogP contribution in [0.2, 0.25) is 0 Å². The minimum Gasteiger partial charge on any atom is -0.444 e. The van der Waals surface area contributed by atoms with Crippen molar-refractivity contribution in [2.75, 3.05) is 20.2 Å². The molecule has 1 aromatic rings. The molecule has 0 atom stereocenters. The average molecular weight is 176 g/mol. The monoisotopic (exact) mass is 176 g/mol. The summed E-state index contributed by atoms with van der Waals surface area (Å²) in [4.78, 5) is 0. The van der Waals surface area contributed by atoms with Crippen molar-refractivity contribution in [1.82, 2.24) is 0 Å². The molecule has 1 aliphatic rings. The fourth-order valence-corrected chi connectivity index (χ4v) is 1.57. The highest BCUT2D eigenvalue weighted by Crippen LogP contribution is 2.06. The first-order chi connectivity index (χ1) is 6.38. The van der Waals surface area contributed by atoms with Crippen molar-refractivity contribution in [1.29, 1.82) is 0 Å². The van der Waals surface area contributed by atoms with Crippen molar-refractivity contribution in [2.24, 2.45) is 0 Å². The lowest BCUT2D eigenvalue weighted by Gasteiger charge is -2.12. The first-order valence-corrected chi connectivity index (χ1v) is 4.64. The number of rotatable bonds is 1. The van der Waals surface area contributed by atoms with Crippen LogP contribution in [0.25, 0.3) is 0 Å². The van der Waals surface area contributed by atoms with E-state index in [1.165, 1.54) is 5.56 Å². The molecule has 1 heterocycles. The van der Waals surface area contributed by atoms with Gasteiger partial charge in [-0.1, -0.05) is 18.2 Å². The normalized spacial score (nSPS) is 17.0. The Labute approximate surface area is 78.5 Å².